The first-order chi connectivity index (χ1) is 8.20. The Bertz CT molecular complexity index is 429. The van der Waals surface area contributed by atoms with Gasteiger partial charge in [-0.3, -0.25) is 0 Å². The minimum atomic E-state index is -0.408. The standard InChI is InChI=1S/C13H16BrNO2/c14-10-3-1-2-9-11(16)8-13(17-12(9)10)4-6-15-7-5-13/h1-3,11,15-16H,4-8H2. The van der Waals surface area contributed by atoms with Gasteiger partial charge in [-0.25, -0.2) is 0 Å². The Kier molecular flexibility index (Phi) is 2.89. The highest BCUT2D eigenvalue weighted by Gasteiger charge is 2.41. The van der Waals surface area contributed by atoms with Crippen molar-refractivity contribution in [3.63, 3.8) is 0 Å². The van der Waals surface area contributed by atoms with Gasteiger partial charge in [-0.2, -0.15) is 0 Å². The first-order valence-corrected chi connectivity index (χ1v) is 6.86. The van der Waals surface area contributed by atoms with Gasteiger partial charge in [-0.1, -0.05) is 12.1 Å². The number of rotatable bonds is 0. The Morgan fingerprint density at radius 3 is 2.88 bits per heavy atom. The van der Waals surface area contributed by atoms with Crippen LogP contribution in [-0.4, -0.2) is 23.8 Å². The normalized spacial score (nSPS) is 26.4. The Morgan fingerprint density at radius 2 is 2.12 bits per heavy atom. The van der Waals surface area contributed by atoms with E-state index in [-0.39, 0.29) is 5.60 Å². The molecule has 1 atom stereocenters. The van der Waals surface area contributed by atoms with E-state index >= 15 is 0 Å². The maximum absolute atomic E-state index is 10.3. The first-order valence-electron chi connectivity index (χ1n) is 6.06. The lowest BCUT2D eigenvalue weighted by atomic mass is 9.82. The predicted molar refractivity (Wildman–Crippen MR) is 69.2 cm³/mol. The quantitative estimate of drug-likeness (QED) is 0.773. The van der Waals surface area contributed by atoms with Gasteiger partial charge in [-0.15, -0.1) is 0 Å². The molecule has 2 heterocycles. The zero-order valence-corrected chi connectivity index (χ0v) is 11.2. The molecule has 3 rings (SSSR count). The number of aliphatic hydroxyl groups is 1. The maximum atomic E-state index is 10.3. The highest BCUT2D eigenvalue weighted by molar-refractivity contribution is 9.10. The van der Waals surface area contributed by atoms with Crippen LogP contribution in [-0.2, 0) is 0 Å². The van der Waals surface area contributed by atoms with E-state index in [2.05, 4.69) is 21.2 Å². The van der Waals surface area contributed by atoms with E-state index in [1.54, 1.807) is 0 Å². The van der Waals surface area contributed by atoms with E-state index in [0.29, 0.717) is 6.42 Å². The lowest BCUT2D eigenvalue weighted by Crippen LogP contribution is -2.49. The van der Waals surface area contributed by atoms with Crippen LogP contribution in [0.5, 0.6) is 5.75 Å². The summed E-state index contributed by atoms with van der Waals surface area (Å²) in [6.07, 6.45) is 2.22. The van der Waals surface area contributed by atoms with E-state index in [0.717, 1.165) is 41.7 Å². The van der Waals surface area contributed by atoms with E-state index in [1.807, 2.05) is 18.2 Å². The van der Waals surface area contributed by atoms with Crippen LogP contribution in [0.25, 0.3) is 0 Å². The minimum absolute atomic E-state index is 0.179. The Labute approximate surface area is 109 Å². The van der Waals surface area contributed by atoms with Gasteiger partial charge in [0.2, 0.25) is 0 Å². The number of halogens is 1. The van der Waals surface area contributed by atoms with Gasteiger partial charge >= 0.3 is 0 Å². The van der Waals surface area contributed by atoms with Gasteiger partial charge in [0.15, 0.2) is 0 Å². The number of para-hydroxylation sites is 1. The molecule has 0 aromatic heterocycles. The number of piperidine rings is 1. The summed E-state index contributed by atoms with van der Waals surface area (Å²) in [6.45, 7) is 1.93. The summed E-state index contributed by atoms with van der Waals surface area (Å²) in [5.41, 5.74) is 0.727. The molecular weight excluding hydrogens is 282 g/mol. The summed E-state index contributed by atoms with van der Waals surface area (Å²) < 4.78 is 7.15. The molecule has 1 saturated heterocycles. The van der Waals surface area contributed by atoms with Crippen LogP contribution in [0.2, 0.25) is 0 Å². The summed E-state index contributed by atoms with van der Waals surface area (Å²) in [6, 6.07) is 5.85. The van der Waals surface area contributed by atoms with Gasteiger partial charge in [-0.05, 0) is 47.9 Å². The fourth-order valence-corrected chi connectivity index (χ4v) is 3.27. The number of benzene rings is 1. The summed E-state index contributed by atoms with van der Waals surface area (Å²) >= 11 is 3.51. The summed E-state index contributed by atoms with van der Waals surface area (Å²) in [7, 11) is 0. The molecule has 0 bridgehead atoms. The highest BCUT2D eigenvalue weighted by Crippen LogP contribution is 2.46. The van der Waals surface area contributed by atoms with Gasteiger partial charge in [0.05, 0.1) is 10.6 Å². The molecule has 1 fully saturated rings. The van der Waals surface area contributed by atoms with E-state index in [1.165, 1.54) is 0 Å². The van der Waals surface area contributed by atoms with Crippen molar-refractivity contribution in [3.8, 4) is 5.75 Å². The monoisotopic (exact) mass is 297 g/mol. The number of nitrogens with one attached hydrogen (secondary N) is 1. The van der Waals surface area contributed by atoms with Crippen LogP contribution >= 0.6 is 15.9 Å². The van der Waals surface area contributed by atoms with Crippen molar-refractivity contribution in [3.05, 3.63) is 28.2 Å². The lowest BCUT2D eigenvalue weighted by molar-refractivity contribution is -0.0343. The molecular formula is C13H16BrNO2. The predicted octanol–water partition coefficient (Wildman–Crippen LogP) is 2.39. The topological polar surface area (TPSA) is 41.5 Å². The van der Waals surface area contributed by atoms with Crippen molar-refractivity contribution in [2.24, 2.45) is 0 Å². The molecule has 0 radical (unpaired) electrons. The SMILES string of the molecule is OC1CC2(CCNCC2)Oc2c(Br)cccc21. The summed E-state index contributed by atoms with van der Waals surface area (Å²) in [5.74, 6) is 0.827. The Morgan fingerprint density at radius 1 is 1.35 bits per heavy atom. The number of hydrogen-bond donors (Lipinski definition) is 2. The molecule has 1 aromatic carbocycles. The summed E-state index contributed by atoms with van der Waals surface area (Å²) in [5, 5.41) is 13.6. The van der Waals surface area contributed by atoms with Crippen molar-refractivity contribution in [2.75, 3.05) is 13.1 Å². The molecule has 2 aliphatic rings. The van der Waals surface area contributed by atoms with E-state index in [9.17, 15) is 5.11 Å². The number of aliphatic hydroxyl groups excluding tert-OH is 1. The van der Waals surface area contributed by atoms with E-state index in [4.69, 9.17) is 4.74 Å². The van der Waals surface area contributed by atoms with Crippen LogP contribution < -0.4 is 10.1 Å². The van der Waals surface area contributed by atoms with E-state index < -0.39 is 6.10 Å². The van der Waals surface area contributed by atoms with Crippen LogP contribution in [0, 0.1) is 0 Å². The van der Waals surface area contributed by atoms with Gasteiger partial charge in [0, 0.05) is 12.0 Å². The van der Waals surface area contributed by atoms with Crippen LogP contribution in [0.4, 0.5) is 0 Å². The molecule has 0 aliphatic carbocycles. The molecule has 92 valence electrons. The largest absolute Gasteiger partial charge is 0.485 e. The van der Waals surface area contributed by atoms with Gasteiger partial charge in [0.25, 0.3) is 0 Å². The molecule has 0 amide bonds. The van der Waals surface area contributed by atoms with Gasteiger partial charge in [0.1, 0.15) is 11.4 Å². The maximum Gasteiger partial charge on any atom is 0.140 e. The zero-order chi connectivity index (χ0) is 11.9. The molecule has 4 heteroatoms. The third kappa shape index (κ3) is 1.98. The fraction of sp³-hybridized carbons (Fsp3) is 0.538. The Balaban J connectivity index is 1.99. The third-order valence-corrected chi connectivity index (χ3v) is 4.38. The van der Waals surface area contributed by atoms with Gasteiger partial charge < -0.3 is 15.2 Å². The third-order valence-electron chi connectivity index (χ3n) is 3.76. The van der Waals surface area contributed by atoms with Crippen molar-refractivity contribution < 1.29 is 9.84 Å². The molecule has 0 saturated carbocycles. The smallest absolute Gasteiger partial charge is 0.140 e. The number of ether oxygens (including phenoxy) is 1. The van der Waals surface area contributed by atoms with Crippen LogP contribution in [0.1, 0.15) is 30.9 Å². The minimum Gasteiger partial charge on any atom is -0.485 e. The summed E-state index contributed by atoms with van der Waals surface area (Å²) in [4.78, 5) is 0. The zero-order valence-electron chi connectivity index (χ0n) is 9.58. The number of hydrogen-bond acceptors (Lipinski definition) is 3. The molecule has 1 unspecified atom stereocenters. The Hall–Kier alpha value is -0.580. The fourth-order valence-electron chi connectivity index (χ4n) is 2.80. The second-order valence-electron chi connectivity index (χ2n) is 4.91. The second-order valence-corrected chi connectivity index (χ2v) is 5.77. The average molecular weight is 298 g/mol. The van der Waals surface area contributed by atoms with Crippen molar-refractivity contribution in [1.82, 2.24) is 5.32 Å². The molecule has 2 N–H and O–H groups in total. The van der Waals surface area contributed by atoms with Crippen molar-refractivity contribution in [2.45, 2.75) is 31.0 Å². The first kappa shape index (κ1) is 11.5. The molecule has 3 nitrogen and oxygen atoms in total. The number of fused-ring (bicyclic) bond motifs is 1. The lowest BCUT2D eigenvalue weighted by Gasteiger charge is -2.43. The van der Waals surface area contributed by atoms with Crippen molar-refractivity contribution in [1.29, 1.82) is 0 Å². The van der Waals surface area contributed by atoms with Crippen LogP contribution in [0.15, 0.2) is 22.7 Å². The van der Waals surface area contributed by atoms with Crippen molar-refractivity contribution >= 4 is 15.9 Å². The molecule has 1 spiro atoms. The average Bonchev–Trinajstić information content (AvgIpc) is 2.32. The highest BCUT2D eigenvalue weighted by atomic mass is 79.9. The molecule has 17 heavy (non-hydrogen) atoms. The second kappa shape index (κ2) is 4.26. The molecule has 1 aromatic rings. The molecule has 2 aliphatic heterocycles. The van der Waals surface area contributed by atoms with Crippen LogP contribution in [0.3, 0.4) is 0 Å².